The number of anilines is 1. The molecule has 17 heavy (non-hydrogen) atoms. The lowest BCUT2D eigenvalue weighted by molar-refractivity contribution is -0.0355. The average molecular weight is 245 g/mol. The van der Waals surface area contributed by atoms with Crippen LogP contribution in [-0.2, 0) is 4.74 Å². The normalized spacial score (nSPS) is 28.3. The molecule has 0 spiro atoms. The molecular weight excluding hydrogens is 233 g/mol. The molecule has 1 aromatic rings. The molecule has 2 rings (SSSR count). The van der Waals surface area contributed by atoms with E-state index in [1.807, 2.05) is 0 Å². The number of nitrogens with one attached hydrogen (secondary N) is 1. The molecule has 8 heteroatoms. The van der Waals surface area contributed by atoms with Gasteiger partial charge in [0.2, 0.25) is 0 Å². The zero-order valence-corrected chi connectivity index (χ0v) is 8.78. The van der Waals surface area contributed by atoms with E-state index in [-0.39, 0.29) is 12.2 Å². The Morgan fingerprint density at radius 1 is 1.71 bits per heavy atom. The number of aliphatic hydroxyl groups is 1. The van der Waals surface area contributed by atoms with Crippen LogP contribution in [0.1, 0.15) is 12.6 Å². The van der Waals surface area contributed by atoms with Crippen molar-refractivity contribution in [3.63, 3.8) is 0 Å². The van der Waals surface area contributed by atoms with Crippen molar-refractivity contribution in [3.8, 4) is 0 Å². The van der Waals surface area contributed by atoms with E-state index < -0.39 is 30.8 Å². The number of hydrogen-bond donors (Lipinski definition) is 3. The number of aliphatic hydroxyl groups excluding tert-OH is 1. The van der Waals surface area contributed by atoms with Gasteiger partial charge in [0, 0.05) is 12.6 Å². The molecule has 0 aliphatic carbocycles. The molecule has 1 fully saturated rings. The first-order valence-corrected chi connectivity index (χ1v) is 5.05. The molecular formula is C9H12FN3O4. The molecule has 7 nitrogen and oxygen atoms in total. The number of nitrogens with zero attached hydrogens (tertiary/aromatic N) is 2. The molecule has 0 amide bonds. The van der Waals surface area contributed by atoms with Crippen LogP contribution in [0.25, 0.3) is 0 Å². The molecule has 0 saturated carbocycles. The van der Waals surface area contributed by atoms with Gasteiger partial charge in [0.25, 0.3) is 0 Å². The quantitative estimate of drug-likeness (QED) is 0.630. The highest BCUT2D eigenvalue weighted by atomic mass is 19.1. The van der Waals surface area contributed by atoms with Crippen molar-refractivity contribution in [3.05, 3.63) is 22.7 Å². The molecule has 1 aromatic heterocycles. The highest BCUT2D eigenvalue weighted by molar-refractivity contribution is 5.28. The third-order valence-electron chi connectivity index (χ3n) is 2.60. The van der Waals surface area contributed by atoms with E-state index in [2.05, 4.69) is 4.98 Å². The van der Waals surface area contributed by atoms with Gasteiger partial charge in [0.05, 0.1) is 6.61 Å². The minimum absolute atomic E-state index is 0.000228. The molecule has 0 aromatic carbocycles. The number of halogens is 1. The first kappa shape index (κ1) is 12.0. The van der Waals surface area contributed by atoms with E-state index in [0.717, 1.165) is 4.57 Å². The second-order valence-electron chi connectivity index (χ2n) is 3.68. The van der Waals surface area contributed by atoms with Gasteiger partial charge >= 0.3 is 5.69 Å². The first-order valence-electron chi connectivity index (χ1n) is 5.05. The predicted molar refractivity (Wildman–Crippen MR) is 54.4 cm³/mol. The van der Waals surface area contributed by atoms with Crippen LogP contribution in [0, 0.1) is 0 Å². The standard InChI is InChI=1S/C9H12FN3O4/c10-5-3-8(17-6(5)4-14)13-2-1-7(12-16)11-9(13)15/h1-2,5-6,8,14,16H,3-4H2,(H,11,12,15)/t5?,6-,8-/m0/s1. The van der Waals surface area contributed by atoms with Crippen molar-refractivity contribution in [2.45, 2.75) is 24.9 Å². The SMILES string of the molecule is O=c1nc(NO)ccn1[C@@H]1CC(F)[C@H](CO)O1. The predicted octanol–water partition coefficient (Wildman–Crippen LogP) is -0.338. The Balaban J connectivity index is 2.22. The lowest BCUT2D eigenvalue weighted by Crippen LogP contribution is -2.27. The van der Waals surface area contributed by atoms with Gasteiger partial charge in [-0.3, -0.25) is 15.3 Å². The molecule has 0 radical (unpaired) electrons. The van der Waals surface area contributed by atoms with Crippen molar-refractivity contribution >= 4 is 5.82 Å². The van der Waals surface area contributed by atoms with E-state index in [0.29, 0.717) is 0 Å². The summed E-state index contributed by atoms with van der Waals surface area (Å²) in [5, 5.41) is 17.4. The lowest BCUT2D eigenvalue weighted by atomic mass is 10.2. The van der Waals surface area contributed by atoms with E-state index in [9.17, 15) is 9.18 Å². The maximum atomic E-state index is 13.3. The second kappa shape index (κ2) is 4.78. The van der Waals surface area contributed by atoms with Gasteiger partial charge in [-0.05, 0) is 6.07 Å². The Hall–Kier alpha value is -1.51. The van der Waals surface area contributed by atoms with Crippen LogP contribution in [0.2, 0.25) is 0 Å². The Morgan fingerprint density at radius 3 is 3.00 bits per heavy atom. The second-order valence-corrected chi connectivity index (χ2v) is 3.68. The highest BCUT2D eigenvalue weighted by Gasteiger charge is 2.36. The van der Waals surface area contributed by atoms with Crippen LogP contribution in [0.4, 0.5) is 10.2 Å². The van der Waals surface area contributed by atoms with Crippen molar-refractivity contribution in [1.29, 1.82) is 0 Å². The molecule has 1 aliphatic heterocycles. The van der Waals surface area contributed by atoms with Crippen LogP contribution in [-0.4, -0.2) is 38.7 Å². The van der Waals surface area contributed by atoms with E-state index in [1.165, 1.54) is 12.3 Å². The number of ether oxygens (including phenoxy) is 1. The van der Waals surface area contributed by atoms with Crippen LogP contribution < -0.4 is 11.2 Å². The fraction of sp³-hybridized carbons (Fsp3) is 0.556. The Kier molecular flexibility index (Phi) is 3.36. The number of alkyl halides is 1. The van der Waals surface area contributed by atoms with Gasteiger partial charge in [0.15, 0.2) is 5.82 Å². The molecule has 1 unspecified atom stereocenters. The van der Waals surface area contributed by atoms with Gasteiger partial charge in [-0.2, -0.15) is 4.98 Å². The molecule has 3 N–H and O–H groups in total. The largest absolute Gasteiger partial charge is 0.394 e. The molecule has 3 atom stereocenters. The summed E-state index contributed by atoms with van der Waals surface area (Å²) in [6, 6.07) is 1.35. The summed E-state index contributed by atoms with van der Waals surface area (Å²) >= 11 is 0. The molecule has 2 heterocycles. The fourth-order valence-electron chi connectivity index (χ4n) is 1.72. The lowest BCUT2D eigenvalue weighted by Gasteiger charge is -2.14. The third-order valence-corrected chi connectivity index (χ3v) is 2.60. The summed E-state index contributed by atoms with van der Waals surface area (Å²) in [5.41, 5.74) is 1.07. The molecule has 94 valence electrons. The minimum Gasteiger partial charge on any atom is -0.394 e. The van der Waals surface area contributed by atoms with Crippen LogP contribution in [0.3, 0.4) is 0 Å². The monoisotopic (exact) mass is 245 g/mol. The van der Waals surface area contributed by atoms with E-state index in [4.69, 9.17) is 15.1 Å². The van der Waals surface area contributed by atoms with E-state index in [1.54, 1.807) is 5.48 Å². The van der Waals surface area contributed by atoms with Crippen molar-refractivity contribution in [2.75, 3.05) is 12.1 Å². The minimum atomic E-state index is -1.31. The van der Waals surface area contributed by atoms with Crippen LogP contribution in [0.15, 0.2) is 17.1 Å². The van der Waals surface area contributed by atoms with Crippen molar-refractivity contribution in [2.24, 2.45) is 0 Å². The zero-order chi connectivity index (χ0) is 12.4. The highest BCUT2D eigenvalue weighted by Crippen LogP contribution is 2.29. The summed E-state index contributed by atoms with van der Waals surface area (Å²) in [6.45, 7) is -0.434. The average Bonchev–Trinajstić information content (AvgIpc) is 2.70. The molecule has 1 aliphatic rings. The van der Waals surface area contributed by atoms with E-state index >= 15 is 0 Å². The van der Waals surface area contributed by atoms with Gasteiger partial charge in [-0.1, -0.05) is 0 Å². The number of hydrogen-bond acceptors (Lipinski definition) is 6. The Bertz CT molecular complexity index is 452. The molecule has 1 saturated heterocycles. The van der Waals surface area contributed by atoms with Crippen LogP contribution in [0.5, 0.6) is 0 Å². The van der Waals surface area contributed by atoms with Crippen LogP contribution >= 0.6 is 0 Å². The number of aromatic nitrogens is 2. The number of rotatable bonds is 3. The van der Waals surface area contributed by atoms with Gasteiger partial charge in [0.1, 0.15) is 18.5 Å². The van der Waals surface area contributed by atoms with Crippen molar-refractivity contribution < 1.29 is 19.4 Å². The first-order chi connectivity index (χ1) is 8.15. The Morgan fingerprint density at radius 2 is 2.47 bits per heavy atom. The van der Waals surface area contributed by atoms with Gasteiger partial charge < -0.3 is 9.84 Å². The maximum absolute atomic E-state index is 13.3. The third kappa shape index (κ3) is 2.28. The van der Waals surface area contributed by atoms with Crippen molar-refractivity contribution in [1.82, 2.24) is 9.55 Å². The topological polar surface area (TPSA) is 96.6 Å². The Labute approximate surface area is 95.4 Å². The summed E-state index contributed by atoms with van der Waals surface area (Å²) in [4.78, 5) is 15.0. The maximum Gasteiger partial charge on any atom is 0.351 e. The summed E-state index contributed by atoms with van der Waals surface area (Å²) < 4.78 is 19.6. The molecule has 0 bridgehead atoms. The van der Waals surface area contributed by atoms with Gasteiger partial charge in [-0.15, -0.1) is 0 Å². The zero-order valence-electron chi connectivity index (χ0n) is 8.78. The summed E-state index contributed by atoms with van der Waals surface area (Å²) in [7, 11) is 0. The summed E-state index contributed by atoms with van der Waals surface area (Å²) in [5.74, 6) is -0.000228. The smallest absolute Gasteiger partial charge is 0.351 e. The fourth-order valence-corrected chi connectivity index (χ4v) is 1.72. The van der Waals surface area contributed by atoms with Gasteiger partial charge in [-0.25, -0.2) is 9.18 Å². The summed E-state index contributed by atoms with van der Waals surface area (Å²) in [6.07, 6.45) is -1.69.